The van der Waals surface area contributed by atoms with Crippen LogP contribution in [0.25, 0.3) is 27.9 Å². The third-order valence-corrected chi connectivity index (χ3v) is 6.22. The topological polar surface area (TPSA) is 66.9 Å². The number of aryl methyl sites for hydroxylation is 2. The zero-order valence-corrected chi connectivity index (χ0v) is 18.5. The van der Waals surface area contributed by atoms with Crippen LogP contribution in [0.1, 0.15) is 18.3 Å². The SMILES string of the molecule is Cc1cn2cc(-c3cc4ccc(N5CCN(CCF)[C@@H](C)C5)cc4oc3=O)nc2c(C)n1. The quantitative estimate of drug-likeness (QED) is 0.457. The van der Waals surface area contributed by atoms with Crippen LogP contribution in [-0.4, -0.2) is 58.2 Å². The lowest BCUT2D eigenvalue weighted by molar-refractivity contribution is 0.175. The summed E-state index contributed by atoms with van der Waals surface area (Å²) in [6.45, 7) is 8.53. The summed E-state index contributed by atoms with van der Waals surface area (Å²) in [5.74, 6) is 0. The van der Waals surface area contributed by atoms with Crippen LogP contribution in [0.2, 0.25) is 0 Å². The van der Waals surface area contributed by atoms with Gasteiger partial charge in [-0.2, -0.15) is 0 Å². The maximum Gasteiger partial charge on any atom is 0.345 e. The highest BCUT2D eigenvalue weighted by Gasteiger charge is 2.24. The molecule has 1 aliphatic heterocycles. The minimum atomic E-state index is -0.415. The highest BCUT2D eigenvalue weighted by Crippen LogP contribution is 2.27. The summed E-state index contributed by atoms with van der Waals surface area (Å²) < 4.78 is 20.3. The molecule has 0 bridgehead atoms. The molecule has 32 heavy (non-hydrogen) atoms. The van der Waals surface area contributed by atoms with Crippen molar-refractivity contribution in [2.75, 3.05) is 37.8 Å². The predicted molar refractivity (Wildman–Crippen MR) is 123 cm³/mol. The standard InChI is InChI=1S/C24H26FN5O2/c1-15-12-30-14-21(27-23(30)17(3)26-15)20-10-18-4-5-19(11-22(18)32-24(20)31)29-9-8-28(7-6-25)16(2)13-29/h4-5,10-12,14,16H,6-9,13H2,1-3H3/t16-/m0/s1. The van der Waals surface area contributed by atoms with Gasteiger partial charge in [-0.3, -0.25) is 9.88 Å². The molecule has 1 atom stereocenters. The first kappa shape index (κ1) is 20.6. The smallest absolute Gasteiger partial charge is 0.345 e. The van der Waals surface area contributed by atoms with Crippen molar-refractivity contribution in [2.24, 2.45) is 0 Å². The van der Waals surface area contributed by atoms with Crippen molar-refractivity contribution in [3.05, 3.63) is 58.5 Å². The Morgan fingerprint density at radius 1 is 1.16 bits per heavy atom. The Balaban J connectivity index is 1.48. The van der Waals surface area contributed by atoms with E-state index in [9.17, 15) is 9.18 Å². The number of benzene rings is 1. The lowest BCUT2D eigenvalue weighted by Gasteiger charge is -2.40. The first-order valence-corrected chi connectivity index (χ1v) is 10.9. The number of imidazole rings is 1. The molecule has 0 N–H and O–H groups in total. The van der Waals surface area contributed by atoms with E-state index in [1.807, 2.05) is 54.9 Å². The number of hydrogen-bond acceptors (Lipinski definition) is 6. The molecule has 7 nitrogen and oxygen atoms in total. The maximum atomic E-state index is 12.8. The molecule has 0 amide bonds. The van der Waals surface area contributed by atoms with E-state index in [1.54, 1.807) is 0 Å². The summed E-state index contributed by atoms with van der Waals surface area (Å²) in [6.07, 6.45) is 3.73. The van der Waals surface area contributed by atoms with Crippen LogP contribution in [0.3, 0.4) is 0 Å². The summed E-state index contributed by atoms with van der Waals surface area (Å²) in [7, 11) is 0. The number of fused-ring (bicyclic) bond motifs is 2. The van der Waals surface area contributed by atoms with E-state index in [2.05, 4.69) is 26.7 Å². The molecule has 1 aliphatic rings. The first-order chi connectivity index (χ1) is 15.4. The van der Waals surface area contributed by atoms with Gasteiger partial charge in [-0.25, -0.2) is 14.2 Å². The first-order valence-electron chi connectivity index (χ1n) is 10.9. The van der Waals surface area contributed by atoms with Crippen LogP contribution in [0, 0.1) is 13.8 Å². The van der Waals surface area contributed by atoms with Gasteiger partial charge in [-0.05, 0) is 39.0 Å². The molecular formula is C24H26FN5O2. The van der Waals surface area contributed by atoms with Crippen molar-refractivity contribution in [1.29, 1.82) is 0 Å². The van der Waals surface area contributed by atoms with Crippen molar-refractivity contribution in [2.45, 2.75) is 26.8 Å². The summed E-state index contributed by atoms with van der Waals surface area (Å²) >= 11 is 0. The van der Waals surface area contributed by atoms with E-state index < -0.39 is 5.63 Å². The zero-order chi connectivity index (χ0) is 22.4. The molecule has 0 aliphatic carbocycles. The Kier molecular flexibility index (Phi) is 5.17. The van der Waals surface area contributed by atoms with Gasteiger partial charge in [0.25, 0.3) is 0 Å². The van der Waals surface area contributed by atoms with E-state index in [0.717, 1.165) is 47.7 Å². The van der Waals surface area contributed by atoms with E-state index in [1.165, 1.54) is 0 Å². The van der Waals surface area contributed by atoms with Gasteiger partial charge in [0.2, 0.25) is 0 Å². The van der Waals surface area contributed by atoms with E-state index in [4.69, 9.17) is 4.42 Å². The van der Waals surface area contributed by atoms with E-state index >= 15 is 0 Å². The van der Waals surface area contributed by atoms with Crippen molar-refractivity contribution < 1.29 is 8.81 Å². The molecule has 1 saturated heterocycles. The fourth-order valence-electron chi connectivity index (χ4n) is 4.58. The minimum Gasteiger partial charge on any atom is -0.422 e. The number of hydrogen-bond donors (Lipinski definition) is 0. The fourth-order valence-corrected chi connectivity index (χ4v) is 4.58. The Hall–Kier alpha value is -3.26. The van der Waals surface area contributed by atoms with Gasteiger partial charge >= 0.3 is 5.63 Å². The Bertz CT molecular complexity index is 1360. The minimum absolute atomic E-state index is 0.265. The highest BCUT2D eigenvalue weighted by atomic mass is 19.1. The lowest BCUT2D eigenvalue weighted by Crippen LogP contribution is -2.52. The Morgan fingerprint density at radius 3 is 2.78 bits per heavy atom. The van der Waals surface area contributed by atoms with Crippen LogP contribution in [0.5, 0.6) is 0 Å². The number of piperazine rings is 1. The van der Waals surface area contributed by atoms with Crippen LogP contribution in [-0.2, 0) is 0 Å². The largest absolute Gasteiger partial charge is 0.422 e. The normalized spacial score (nSPS) is 17.5. The number of anilines is 1. The third kappa shape index (κ3) is 3.64. The summed E-state index contributed by atoms with van der Waals surface area (Å²) in [6, 6.07) is 8.04. The van der Waals surface area contributed by atoms with Crippen molar-refractivity contribution in [3.8, 4) is 11.3 Å². The molecule has 3 aromatic heterocycles. The van der Waals surface area contributed by atoms with Gasteiger partial charge in [-0.1, -0.05) is 0 Å². The van der Waals surface area contributed by atoms with Gasteiger partial charge < -0.3 is 13.7 Å². The van der Waals surface area contributed by atoms with Gasteiger partial charge in [0, 0.05) is 61.8 Å². The highest BCUT2D eigenvalue weighted by molar-refractivity contribution is 5.84. The van der Waals surface area contributed by atoms with Crippen molar-refractivity contribution in [3.63, 3.8) is 0 Å². The van der Waals surface area contributed by atoms with Crippen LogP contribution < -0.4 is 10.5 Å². The fraction of sp³-hybridized carbons (Fsp3) is 0.375. The Labute approximate surface area is 185 Å². The second-order valence-corrected chi connectivity index (χ2v) is 8.51. The number of nitrogens with zero attached hydrogens (tertiary/aromatic N) is 5. The average molecular weight is 436 g/mol. The van der Waals surface area contributed by atoms with Crippen LogP contribution >= 0.6 is 0 Å². The second-order valence-electron chi connectivity index (χ2n) is 8.51. The van der Waals surface area contributed by atoms with Crippen molar-refractivity contribution in [1.82, 2.24) is 19.3 Å². The molecule has 0 spiro atoms. The van der Waals surface area contributed by atoms with Crippen LogP contribution in [0.15, 0.2) is 45.9 Å². The number of halogens is 1. The molecule has 4 aromatic rings. The molecule has 0 radical (unpaired) electrons. The monoisotopic (exact) mass is 435 g/mol. The van der Waals surface area contributed by atoms with Gasteiger partial charge in [0.1, 0.15) is 12.3 Å². The average Bonchev–Trinajstić information content (AvgIpc) is 3.18. The number of aromatic nitrogens is 3. The lowest BCUT2D eigenvalue weighted by atomic mass is 10.1. The Morgan fingerprint density at radius 2 is 2.00 bits per heavy atom. The summed E-state index contributed by atoms with van der Waals surface area (Å²) in [5, 5.41) is 0.843. The third-order valence-electron chi connectivity index (χ3n) is 6.22. The van der Waals surface area contributed by atoms with E-state index in [0.29, 0.717) is 23.4 Å². The number of rotatable bonds is 4. The van der Waals surface area contributed by atoms with Gasteiger partial charge in [0.05, 0.1) is 22.6 Å². The molecule has 166 valence electrons. The summed E-state index contributed by atoms with van der Waals surface area (Å²) in [4.78, 5) is 26.3. The van der Waals surface area contributed by atoms with Crippen LogP contribution in [0.4, 0.5) is 10.1 Å². The van der Waals surface area contributed by atoms with E-state index in [-0.39, 0.29) is 12.7 Å². The predicted octanol–water partition coefficient (Wildman–Crippen LogP) is 3.60. The van der Waals surface area contributed by atoms with Gasteiger partial charge in [0.15, 0.2) is 5.65 Å². The molecule has 1 fully saturated rings. The molecule has 0 unspecified atom stereocenters. The molecule has 0 saturated carbocycles. The second kappa shape index (κ2) is 8.02. The zero-order valence-electron chi connectivity index (χ0n) is 18.5. The molecule has 5 rings (SSSR count). The van der Waals surface area contributed by atoms with Crippen molar-refractivity contribution >= 4 is 22.3 Å². The molecule has 4 heterocycles. The van der Waals surface area contributed by atoms with Gasteiger partial charge in [-0.15, -0.1) is 0 Å². The molecule has 8 heteroatoms. The molecule has 1 aromatic carbocycles. The number of alkyl halides is 1. The maximum absolute atomic E-state index is 12.8. The molecular weight excluding hydrogens is 409 g/mol. The summed E-state index contributed by atoms with van der Waals surface area (Å²) in [5.41, 5.74) is 4.56.